The number of tetrazole rings is 1. The Labute approximate surface area is 136 Å². The van der Waals surface area contributed by atoms with E-state index in [-0.39, 0.29) is 12.5 Å². The van der Waals surface area contributed by atoms with E-state index in [1.807, 2.05) is 36.1 Å². The standard InChI is InChI=1S/C17H23N5O/c1-12-4-6-15(7-5-12)17-18-20-22(19-17)11-16(23)21-9-13(2)8-14(3)10-21/h4-7,13-14H,8-11H2,1-3H3/t13-,14+. The summed E-state index contributed by atoms with van der Waals surface area (Å²) in [7, 11) is 0. The van der Waals surface area contributed by atoms with Crippen LogP contribution in [0, 0.1) is 18.8 Å². The smallest absolute Gasteiger partial charge is 0.246 e. The van der Waals surface area contributed by atoms with Crippen LogP contribution in [-0.4, -0.2) is 44.1 Å². The fraction of sp³-hybridized carbons (Fsp3) is 0.529. The highest BCUT2D eigenvalue weighted by atomic mass is 16.2. The summed E-state index contributed by atoms with van der Waals surface area (Å²) < 4.78 is 0. The normalized spacial score (nSPS) is 21.4. The molecule has 0 radical (unpaired) electrons. The van der Waals surface area contributed by atoms with Crippen LogP contribution in [0.5, 0.6) is 0 Å². The molecule has 6 nitrogen and oxygen atoms in total. The second-order valence-corrected chi connectivity index (χ2v) is 6.75. The van der Waals surface area contributed by atoms with Crippen molar-refractivity contribution in [3.05, 3.63) is 29.8 Å². The van der Waals surface area contributed by atoms with Crippen LogP contribution in [0.2, 0.25) is 0 Å². The van der Waals surface area contributed by atoms with Gasteiger partial charge in [-0.15, -0.1) is 10.2 Å². The highest BCUT2D eigenvalue weighted by molar-refractivity contribution is 5.76. The molecule has 0 bridgehead atoms. The number of carbonyl (C=O) groups excluding carboxylic acids is 1. The monoisotopic (exact) mass is 313 g/mol. The molecule has 2 aromatic rings. The van der Waals surface area contributed by atoms with E-state index in [0.717, 1.165) is 18.7 Å². The first-order valence-electron chi connectivity index (χ1n) is 8.14. The van der Waals surface area contributed by atoms with Crippen LogP contribution < -0.4 is 0 Å². The van der Waals surface area contributed by atoms with Gasteiger partial charge in [-0.25, -0.2) is 0 Å². The third-order valence-electron chi connectivity index (χ3n) is 4.26. The van der Waals surface area contributed by atoms with E-state index in [9.17, 15) is 4.79 Å². The minimum absolute atomic E-state index is 0.0660. The summed E-state index contributed by atoms with van der Waals surface area (Å²) in [6, 6.07) is 7.95. The third kappa shape index (κ3) is 3.75. The van der Waals surface area contributed by atoms with Crippen molar-refractivity contribution < 1.29 is 4.79 Å². The first kappa shape index (κ1) is 15.6. The van der Waals surface area contributed by atoms with Gasteiger partial charge in [0, 0.05) is 18.7 Å². The van der Waals surface area contributed by atoms with Crippen molar-refractivity contribution in [1.29, 1.82) is 0 Å². The zero-order valence-electron chi connectivity index (χ0n) is 13.9. The number of aromatic nitrogens is 4. The number of amides is 1. The molecule has 0 saturated carbocycles. The zero-order valence-corrected chi connectivity index (χ0v) is 13.9. The maximum atomic E-state index is 12.4. The second-order valence-electron chi connectivity index (χ2n) is 6.75. The van der Waals surface area contributed by atoms with Crippen molar-refractivity contribution in [2.24, 2.45) is 11.8 Å². The van der Waals surface area contributed by atoms with Crippen LogP contribution in [0.3, 0.4) is 0 Å². The topological polar surface area (TPSA) is 63.9 Å². The summed E-state index contributed by atoms with van der Waals surface area (Å²) in [6.45, 7) is 8.22. The molecule has 2 heterocycles. The maximum Gasteiger partial charge on any atom is 0.246 e. The first-order valence-corrected chi connectivity index (χ1v) is 8.14. The predicted octanol–water partition coefficient (Wildman–Crippen LogP) is 2.15. The number of nitrogens with zero attached hydrogens (tertiary/aromatic N) is 5. The molecule has 23 heavy (non-hydrogen) atoms. The number of hydrogen-bond acceptors (Lipinski definition) is 4. The van der Waals surface area contributed by atoms with E-state index in [4.69, 9.17) is 0 Å². The number of aryl methyl sites for hydroxylation is 1. The van der Waals surface area contributed by atoms with Gasteiger partial charge in [0.15, 0.2) is 0 Å². The molecular weight excluding hydrogens is 290 g/mol. The Morgan fingerprint density at radius 1 is 1.17 bits per heavy atom. The minimum Gasteiger partial charge on any atom is -0.340 e. The van der Waals surface area contributed by atoms with E-state index >= 15 is 0 Å². The summed E-state index contributed by atoms with van der Waals surface area (Å²) in [6.07, 6.45) is 1.18. The molecule has 122 valence electrons. The molecule has 0 aliphatic carbocycles. The minimum atomic E-state index is 0.0660. The molecule has 1 amide bonds. The van der Waals surface area contributed by atoms with Gasteiger partial charge in [0.2, 0.25) is 11.7 Å². The number of carbonyl (C=O) groups is 1. The van der Waals surface area contributed by atoms with Crippen LogP contribution in [0.1, 0.15) is 25.8 Å². The Balaban J connectivity index is 1.66. The Hall–Kier alpha value is -2.24. The summed E-state index contributed by atoms with van der Waals surface area (Å²) in [5, 5.41) is 12.4. The molecule has 2 atom stereocenters. The van der Waals surface area contributed by atoms with Gasteiger partial charge in [0.25, 0.3) is 0 Å². The Kier molecular flexibility index (Phi) is 4.41. The summed E-state index contributed by atoms with van der Waals surface area (Å²) >= 11 is 0. The predicted molar refractivity (Wildman–Crippen MR) is 87.5 cm³/mol. The number of piperidine rings is 1. The molecule has 1 aromatic heterocycles. The van der Waals surface area contributed by atoms with Crippen LogP contribution in [0.15, 0.2) is 24.3 Å². The summed E-state index contributed by atoms with van der Waals surface area (Å²) in [5.74, 6) is 1.72. The molecule has 1 aliphatic rings. The fourth-order valence-electron chi connectivity index (χ4n) is 3.22. The average molecular weight is 313 g/mol. The summed E-state index contributed by atoms with van der Waals surface area (Å²) in [4.78, 5) is 15.8. The highest BCUT2D eigenvalue weighted by Gasteiger charge is 2.25. The molecule has 1 fully saturated rings. The van der Waals surface area contributed by atoms with Gasteiger partial charge < -0.3 is 4.90 Å². The number of rotatable bonds is 3. The fourth-order valence-corrected chi connectivity index (χ4v) is 3.22. The van der Waals surface area contributed by atoms with E-state index in [1.54, 1.807) is 0 Å². The van der Waals surface area contributed by atoms with E-state index in [0.29, 0.717) is 17.7 Å². The quantitative estimate of drug-likeness (QED) is 0.871. The second kappa shape index (κ2) is 6.48. The lowest BCUT2D eigenvalue weighted by Gasteiger charge is -2.34. The lowest BCUT2D eigenvalue weighted by Crippen LogP contribution is -2.44. The first-order chi connectivity index (χ1) is 11.0. The SMILES string of the molecule is Cc1ccc(-c2nnn(CC(=O)N3C[C@H](C)C[C@H](C)C3)n2)cc1. The van der Waals surface area contributed by atoms with Gasteiger partial charge in [-0.2, -0.15) is 4.80 Å². The molecule has 0 unspecified atom stereocenters. The molecule has 3 rings (SSSR count). The van der Waals surface area contributed by atoms with Gasteiger partial charge in [0.05, 0.1) is 0 Å². The highest BCUT2D eigenvalue weighted by Crippen LogP contribution is 2.21. The van der Waals surface area contributed by atoms with Crippen molar-refractivity contribution in [2.45, 2.75) is 33.7 Å². The third-order valence-corrected chi connectivity index (χ3v) is 4.26. The lowest BCUT2D eigenvalue weighted by atomic mass is 9.92. The lowest BCUT2D eigenvalue weighted by molar-refractivity contribution is -0.135. The van der Waals surface area contributed by atoms with Crippen molar-refractivity contribution in [2.75, 3.05) is 13.1 Å². The van der Waals surface area contributed by atoms with Gasteiger partial charge in [0.1, 0.15) is 6.54 Å². The van der Waals surface area contributed by atoms with Gasteiger partial charge in [-0.3, -0.25) is 4.79 Å². The van der Waals surface area contributed by atoms with Crippen molar-refractivity contribution >= 4 is 5.91 Å². The van der Waals surface area contributed by atoms with Crippen molar-refractivity contribution in [3.8, 4) is 11.4 Å². The van der Waals surface area contributed by atoms with Crippen LogP contribution in [-0.2, 0) is 11.3 Å². The largest absolute Gasteiger partial charge is 0.340 e. The number of benzene rings is 1. The number of hydrogen-bond donors (Lipinski definition) is 0. The van der Waals surface area contributed by atoms with Gasteiger partial charge >= 0.3 is 0 Å². The van der Waals surface area contributed by atoms with Gasteiger partial charge in [-0.1, -0.05) is 43.7 Å². The van der Waals surface area contributed by atoms with Crippen LogP contribution >= 0.6 is 0 Å². The molecule has 0 N–H and O–H groups in total. The summed E-state index contributed by atoms with van der Waals surface area (Å²) in [5.41, 5.74) is 2.10. The molecular formula is C17H23N5O. The number of likely N-dealkylation sites (tertiary alicyclic amines) is 1. The Bertz CT molecular complexity index is 669. The maximum absolute atomic E-state index is 12.4. The van der Waals surface area contributed by atoms with Crippen LogP contribution in [0.4, 0.5) is 0 Å². The van der Waals surface area contributed by atoms with E-state index in [2.05, 4.69) is 29.3 Å². The average Bonchev–Trinajstić information content (AvgIpc) is 2.95. The Morgan fingerprint density at radius 2 is 1.83 bits per heavy atom. The molecule has 0 spiro atoms. The molecule has 1 saturated heterocycles. The van der Waals surface area contributed by atoms with Gasteiger partial charge in [-0.05, 0) is 30.4 Å². The molecule has 1 aromatic carbocycles. The van der Waals surface area contributed by atoms with Crippen molar-refractivity contribution in [1.82, 2.24) is 25.1 Å². The molecule has 1 aliphatic heterocycles. The Morgan fingerprint density at radius 3 is 2.48 bits per heavy atom. The van der Waals surface area contributed by atoms with Crippen molar-refractivity contribution in [3.63, 3.8) is 0 Å². The van der Waals surface area contributed by atoms with E-state index in [1.165, 1.54) is 16.8 Å². The van der Waals surface area contributed by atoms with Crippen LogP contribution in [0.25, 0.3) is 11.4 Å². The zero-order chi connectivity index (χ0) is 16.4. The van der Waals surface area contributed by atoms with E-state index < -0.39 is 0 Å². The molecule has 6 heteroatoms.